The van der Waals surface area contributed by atoms with Crippen LogP contribution in [-0.4, -0.2) is 15.2 Å². The maximum atomic E-state index is 5.66. The normalized spacial score (nSPS) is 10.3. The molecule has 2 aromatic heterocycles. The Bertz CT molecular complexity index is 431. The zero-order valence-electron chi connectivity index (χ0n) is 6.24. The molecule has 0 aliphatic carbocycles. The first-order chi connectivity index (χ1) is 6.25. The van der Waals surface area contributed by atoms with Crippen LogP contribution in [0.2, 0.25) is 4.47 Å². The lowest BCUT2D eigenvalue weighted by atomic mass is 10.4. The van der Waals surface area contributed by atoms with Crippen LogP contribution in [0.4, 0.5) is 0 Å². The van der Waals surface area contributed by atoms with Crippen LogP contribution in [0, 0.1) is 0 Å². The van der Waals surface area contributed by atoms with Crippen molar-refractivity contribution in [1.82, 2.24) is 15.2 Å². The highest BCUT2D eigenvalue weighted by Crippen LogP contribution is 2.25. The predicted molar refractivity (Wildman–Crippen MR) is 55.9 cm³/mol. The summed E-state index contributed by atoms with van der Waals surface area (Å²) in [5.74, 6) is 0. The predicted octanol–water partition coefficient (Wildman–Crippen LogP) is 3.02. The van der Waals surface area contributed by atoms with E-state index in [1.807, 2.05) is 18.2 Å². The number of hydrogen-bond donors (Lipinski definition) is 0. The molecule has 66 valence electrons. The first-order valence-electron chi connectivity index (χ1n) is 3.37. The van der Waals surface area contributed by atoms with E-state index >= 15 is 0 Å². The molecule has 0 N–H and O–H groups in total. The molecule has 2 heterocycles. The van der Waals surface area contributed by atoms with Gasteiger partial charge in [0.1, 0.15) is 10.3 Å². The minimum Gasteiger partial charge on any atom is -0.238 e. The molecule has 0 aliphatic heterocycles. The second-order valence-corrected chi connectivity index (χ2v) is 4.58. The Labute approximate surface area is 91.9 Å². The van der Waals surface area contributed by atoms with Crippen molar-refractivity contribution < 1.29 is 0 Å². The molecule has 0 radical (unpaired) electrons. The van der Waals surface area contributed by atoms with Gasteiger partial charge in [0.15, 0.2) is 5.01 Å². The number of aromatic nitrogens is 3. The molecule has 0 bridgehead atoms. The van der Waals surface area contributed by atoms with Crippen molar-refractivity contribution in [3.05, 3.63) is 27.3 Å². The highest BCUT2D eigenvalue weighted by molar-refractivity contribution is 9.10. The summed E-state index contributed by atoms with van der Waals surface area (Å²) in [5.41, 5.74) is 0.777. The molecule has 0 fully saturated rings. The van der Waals surface area contributed by atoms with Crippen LogP contribution in [-0.2, 0) is 0 Å². The van der Waals surface area contributed by atoms with Crippen molar-refractivity contribution >= 4 is 38.9 Å². The van der Waals surface area contributed by atoms with Gasteiger partial charge < -0.3 is 0 Å². The second-order valence-electron chi connectivity index (χ2n) is 2.21. The third-order valence-electron chi connectivity index (χ3n) is 1.33. The summed E-state index contributed by atoms with van der Waals surface area (Å²) in [5, 5.41) is 8.31. The number of rotatable bonds is 1. The molecule has 0 amide bonds. The van der Waals surface area contributed by atoms with Gasteiger partial charge >= 0.3 is 0 Å². The van der Waals surface area contributed by atoms with E-state index in [2.05, 4.69) is 31.1 Å². The van der Waals surface area contributed by atoms with Gasteiger partial charge in [0.25, 0.3) is 0 Å². The van der Waals surface area contributed by atoms with E-state index in [-0.39, 0.29) is 0 Å². The first-order valence-corrected chi connectivity index (χ1v) is 5.36. The molecule has 0 atom stereocenters. The zero-order valence-corrected chi connectivity index (χ0v) is 9.40. The Morgan fingerprint density at radius 1 is 1.31 bits per heavy atom. The zero-order chi connectivity index (χ0) is 9.26. The highest BCUT2D eigenvalue weighted by Gasteiger charge is 2.05. The van der Waals surface area contributed by atoms with Gasteiger partial charge in [0, 0.05) is 0 Å². The molecular weight excluding hydrogens is 274 g/mol. The Hall–Kier alpha value is -0.520. The molecule has 6 heteroatoms. The largest absolute Gasteiger partial charge is 0.238 e. The van der Waals surface area contributed by atoms with Gasteiger partial charge in [-0.05, 0) is 39.7 Å². The minimum absolute atomic E-state index is 0.428. The number of pyridine rings is 1. The number of nitrogens with zero attached hydrogens (tertiary/aromatic N) is 3. The van der Waals surface area contributed by atoms with Crippen molar-refractivity contribution in [1.29, 1.82) is 0 Å². The Morgan fingerprint density at radius 2 is 2.15 bits per heavy atom. The molecule has 0 saturated heterocycles. The SMILES string of the molecule is Clc1nnc(-c2cccc(Br)n2)s1. The summed E-state index contributed by atoms with van der Waals surface area (Å²) in [6.07, 6.45) is 0. The van der Waals surface area contributed by atoms with Crippen LogP contribution in [0.3, 0.4) is 0 Å². The quantitative estimate of drug-likeness (QED) is 0.752. The van der Waals surface area contributed by atoms with E-state index in [1.165, 1.54) is 11.3 Å². The molecule has 0 saturated carbocycles. The molecule has 13 heavy (non-hydrogen) atoms. The van der Waals surface area contributed by atoms with Gasteiger partial charge in [-0.1, -0.05) is 17.4 Å². The average Bonchev–Trinajstić information content (AvgIpc) is 2.52. The van der Waals surface area contributed by atoms with Crippen molar-refractivity contribution in [3.63, 3.8) is 0 Å². The maximum Gasteiger partial charge on any atom is 0.207 e. The molecule has 2 rings (SSSR count). The summed E-state index contributed by atoms with van der Waals surface area (Å²) in [6, 6.07) is 5.61. The van der Waals surface area contributed by atoms with E-state index in [1.54, 1.807) is 0 Å². The van der Waals surface area contributed by atoms with E-state index < -0.39 is 0 Å². The van der Waals surface area contributed by atoms with Crippen LogP contribution in [0.5, 0.6) is 0 Å². The van der Waals surface area contributed by atoms with Gasteiger partial charge in [-0.3, -0.25) is 0 Å². The summed E-state index contributed by atoms with van der Waals surface area (Å²) < 4.78 is 1.20. The van der Waals surface area contributed by atoms with E-state index in [4.69, 9.17) is 11.6 Å². The summed E-state index contributed by atoms with van der Waals surface area (Å²) in [7, 11) is 0. The van der Waals surface area contributed by atoms with Crippen LogP contribution >= 0.6 is 38.9 Å². The molecule has 0 spiro atoms. The average molecular weight is 277 g/mol. The smallest absolute Gasteiger partial charge is 0.207 e. The standard InChI is InChI=1S/C7H3BrClN3S/c8-5-3-1-2-4(10-5)6-11-12-7(9)13-6/h1-3H. The van der Waals surface area contributed by atoms with Crippen molar-refractivity contribution in [2.24, 2.45) is 0 Å². The Kier molecular flexibility index (Phi) is 2.57. The molecule has 0 unspecified atom stereocenters. The molecule has 0 aliphatic rings. The third kappa shape index (κ3) is 2.04. The van der Waals surface area contributed by atoms with Crippen LogP contribution in [0.25, 0.3) is 10.7 Å². The van der Waals surface area contributed by atoms with Crippen LogP contribution < -0.4 is 0 Å². The van der Waals surface area contributed by atoms with Gasteiger partial charge in [-0.15, -0.1) is 10.2 Å². The number of hydrogen-bond acceptors (Lipinski definition) is 4. The molecular formula is C7H3BrClN3S. The summed E-state index contributed by atoms with van der Waals surface area (Å²) >= 11 is 10.2. The first kappa shape index (κ1) is 9.05. The van der Waals surface area contributed by atoms with Gasteiger partial charge in [0.05, 0.1) is 0 Å². The highest BCUT2D eigenvalue weighted by atomic mass is 79.9. The topological polar surface area (TPSA) is 38.7 Å². The van der Waals surface area contributed by atoms with Crippen LogP contribution in [0.1, 0.15) is 0 Å². The minimum atomic E-state index is 0.428. The third-order valence-corrected chi connectivity index (χ3v) is 2.82. The summed E-state index contributed by atoms with van der Waals surface area (Å²) in [4.78, 5) is 4.22. The lowest BCUT2D eigenvalue weighted by Gasteiger charge is -1.93. The molecule has 3 nitrogen and oxygen atoms in total. The van der Waals surface area contributed by atoms with Gasteiger partial charge in [0.2, 0.25) is 4.47 Å². The second kappa shape index (κ2) is 3.69. The number of halogens is 2. The monoisotopic (exact) mass is 275 g/mol. The van der Waals surface area contributed by atoms with E-state index in [0.717, 1.165) is 15.3 Å². The fourth-order valence-electron chi connectivity index (χ4n) is 0.836. The fraction of sp³-hybridized carbons (Fsp3) is 0. The van der Waals surface area contributed by atoms with Gasteiger partial charge in [-0.25, -0.2) is 4.98 Å². The Morgan fingerprint density at radius 3 is 2.77 bits per heavy atom. The van der Waals surface area contributed by atoms with Crippen molar-refractivity contribution in [2.75, 3.05) is 0 Å². The van der Waals surface area contributed by atoms with Crippen LogP contribution in [0.15, 0.2) is 22.8 Å². The lowest BCUT2D eigenvalue weighted by molar-refractivity contribution is 1.08. The molecule has 2 aromatic rings. The molecule has 0 aromatic carbocycles. The summed E-state index contributed by atoms with van der Waals surface area (Å²) in [6.45, 7) is 0. The van der Waals surface area contributed by atoms with Gasteiger partial charge in [-0.2, -0.15) is 0 Å². The Balaban J connectivity index is 2.46. The maximum absolute atomic E-state index is 5.66. The van der Waals surface area contributed by atoms with E-state index in [9.17, 15) is 0 Å². The lowest BCUT2D eigenvalue weighted by Crippen LogP contribution is -1.82. The van der Waals surface area contributed by atoms with E-state index in [0.29, 0.717) is 4.47 Å². The van der Waals surface area contributed by atoms with Crippen molar-refractivity contribution in [3.8, 4) is 10.7 Å². The van der Waals surface area contributed by atoms with Crippen molar-refractivity contribution in [2.45, 2.75) is 0 Å². The fourth-order valence-corrected chi connectivity index (χ4v) is 1.98.